The van der Waals surface area contributed by atoms with Crippen LogP contribution in [0.3, 0.4) is 0 Å². The molecule has 0 radical (unpaired) electrons. The van der Waals surface area contributed by atoms with Crippen molar-refractivity contribution in [3.63, 3.8) is 0 Å². The Kier molecular flexibility index (Phi) is 4.76. The molecular formula is C12H22N2O3. The van der Waals surface area contributed by atoms with Crippen molar-refractivity contribution >= 4 is 5.97 Å². The lowest BCUT2D eigenvalue weighted by molar-refractivity contribution is -0.145. The topological polar surface area (TPSA) is 42.0 Å². The summed E-state index contributed by atoms with van der Waals surface area (Å²) < 4.78 is 10.2. The maximum atomic E-state index is 11.6. The summed E-state index contributed by atoms with van der Waals surface area (Å²) in [5.41, 5.74) is 0. The molecule has 0 bridgehead atoms. The van der Waals surface area contributed by atoms with Crippen LogP contribution in [0.2, 0.25) is 0 Å². The summed E-state index contributed by atoms with van der Waals surface area (Å²) in [6.45, 7) is 6.69. The third-order valence-electron chi connectivity index (χ3n) is 3.64. The van der Waals surface area contributed by atoms with Crippen LogP contribution in [-0.2, 0) is 14.3 Å². The van der Waals surface area contributed by atoms with Crippen molar-refractivity contribution < 1.29 is 14.3 Å². The first-order valence-corrected chi connectivity index (χ1v) is 6.43. The average molecular weight is 242 g/mol. The fraction of sp³-hybridized carbons (Fsp3) is 0.917. The first-order valence-electron chi connectivity index (χ1n) is 6.43. The van der Waals surface area contributed by atoms with Gasteiger partial charge in [-0.15, -0.1) is 0 Å². The van der Waals surface area contributed by atoms with Crippen LogP contribution in [0.5, 0.6) is 0 Å². The quantitative estimate of drug-likeness (QED) is 0.647. The van der Waals surface area contributed by atoms with Crippen molar-refractivity contribution in [2.45, 2.75) is 18.9 Å². The van der Waals surface area contributed by atoms with E-state index >= 15 is 0 Å². The van der Waals surface area contributed by atoms with Gasteiger partial charge in [-0.25, -0.2) is 0 Å². The fourth-order valence-electron chi connectivity index (χ4n) is 2.59. The number of nitrogens with zero attached hydrogens (tertiary/aromatic N) is 2. The summed E-state index contributed by atoms with van der Waals surface area (Å²) in [6.07, 6.45) is 2.04. The molecule has 0 aromatic carbocycles. The highest BCUT2D eigenvalue weighted by Crippen LogP contribution is 2.17. The molecule has 2 aliphatic heterocycles. The van der Waals surface area contributed by atoms with Gasteiger partial charge in [0.05, 0.1) is 20.3 Å². The van der Waals surface area contributed by atoms with Crippen LogP contribution >= 0.6 is 0 Å². The third-order valence-corrected chi connectivity index (χ3v) is 3.64. The zero-order valence-electron chi connectivity index (χ0n) is 10.6. The van der Waals surface area contributed by atoms with Gasteiger partial charge in [-0.1, -0.05) is 0 Å². The van der Waals surface area contributed by atoms with Gasteiger partial charge in [-0.3, -0.25) is 14.6 Å². The van der Waals surface area contributed by atoms with Crippen LogP contribution in [-0.4, -0.2) is 74.9 Å². The zero-order chi connectivity index (χ0) is 12.1. The van der Waals surface area contributed by atoms with E-state index in [1.54, 1.807) is 0 Å². The number of carbonyl (C=O) groups excluding carboxylic acids is 1. The van der Waals surface area contributed by atoms with Crippen LogP contribution in [0.4, 0.5) is 0 Å². The second-order valence-electron chi connectivity index (χ2n) is 4.67. The number of hydrogen-bond acceptors (Lipinski definition) is 5. The Labute approximate surface area is 103 Å². The largest absolute Gasteiger partial charge is 0.468 e. The van der Waals surface area contributed by atoms with Crippen LogP contribution in [0.25, 0.3) is 0 Å². The Morgan fingerprint density at radius 2 is 2.06 bits per heavy atom. The number of carbonyl (C=O) groups is 1. The van der Waals surface area contributed by atoms with E-state index in [1.165, 1.54) is 7.11 Å². The second-order valence-corrected chi connectivity index (χ2v) is 4.67. The molecule has 98 valence electrons. The summed E-state index contributed by atoms with van der Waals surface area (Å²) in [6, 6.07) is -0.0129. The highest BCUT2D eigenvalue weighted by atomic mass is 16.5. The van der Waals surface area contributed by atoms with Crippen LogP contribution in [0.1, 0.15) is 12.8 Å². The molecule has 0 spiro atoms. The lowest BCUT2D eigenvalue weighted by atomic mass is 10.2. The van der Waals surface area contributed by atoms with Gasteiger partial charge in [-0.2, -0.15) is 0 Å². The molecule has 5 nitrogen and oxygen atoms in total. The molecule has 0 saturated carbocycles. The minimum Gasteiger partial charge on any atom is -0.468 e. The predicted molar refractivity (Wildman–Crippen MR) is 63.9 cm³/mol. The lowest BCUT2D eigenvalue weighted by Crippen LogP contribution is -2.44. The van der Waals surface area contributed by atoms with E-state index < -0.39 is 0 Å². The number of hydrogen-bond donors (Lipinski definition) is 0. The van der Waals surface area contributed by atoms with Gasteiger partial charge >= 0.3 is 5.97 Å². The van der Waals surface area contributed by atoms with Crippen molar-refractivity contribution in [3.8, 4) is 0 Å². The van der Waals surface area contributed by atoms with Gasteiger partial charge in [0, 0.05) is 26.2 Å². The molecule has 2 saturated heterocycles. The van der Waals surface area contributed by atoms with E-state index in [-0.39, 0.29) is 12.0 Å². The van der Waals surface area contributed by atoms with Crippen LogP contribution in [0, 0.1) is 0 Å². The molecule has 0 aliphatic carbocycles. The Balaban J connectivity index is 1.75. The molecule has 2 rings (SSSR count). The summed E-state index contributed by atoms with van der Waals surface area (Å²) >= 11 is 0. The van der Waals surface area contributed by atoms with Crippen LogP contribution < -0.4 is 0 Å². The second kappa shape index (κ2) is 6.33. The molecule has 2 heterocycles. The smallest absolute Gasteiger partial charge is 0.323 e. The molecular weight excluding hydrogens is 220 g/mol. The molecule has 2 fully saturated rings. The van der Waals surface area contributed by atoms with Crippen molar-refractivity contribution in [1.82, 2.24) is 9.80 Å². The summed E-state index contributed by atoms with van der Waals surface area (Å²) in [4.78, 5) is 16.2. The Morgan fingerprint density at radius 1 is 1.29 bits per heavy atom. The molecule has 17 heavy (non-hydrogen) atoms. The molecule has 0 amide bonds. The fourth-order valence-corrected chi connectivity index (χ4v) is 2.59. The molecule has 0 N–H and O–H groups in total. The molecule has 1 atom stereocenters. The highest BCUT2D eigenvalue weighted by molar-refractivity contribution is 5.75. The maximum absolute atomic E-state index is 11.6. The lowest BCUT2D eigenvalue weighted by Gasteiger charge is -2.30. The maximum Gasteiger partial charge on any atom is 0.323 e. The van der Waals surface area contributed by atoms with Crippen molar-refractivity contribution in [1.29, 1.82) is 0 Å². The SMILES string of the molecule is COC(=O)C1CCCN1CCN1CCOCC1. The van der Waals surface area contributed by atoms with E-state index in [9.17, 15) is 4.79 Å². The van der Waals surface area contributed by atoms with Gasteiger partial charge in [0.2, 0.25) is 0 Å². The van der Waals surface area contributed by atoms with E-state index in [4.69, 9.17) is 9.47 Å². The summed E-state index contributed by atoms with van der Waals surface area (Å²) in [5, 5.41) is 0. The average Bonchev–Trinajstić information content (AvgIpc) is 2.85. The summed E-state index contributed by atoms with van der Waals surface area (Å²) in [5.74, 6) is -0.0792. The Hall–Kier alpha value is -0.650. The molecule has 0 aromatic heterocycles. The van der Waals surface area contributed by atoms with Gasteiger partial charge in [-0.05, 0) is 19.4 Å². The Morgan fingerprint density at radius 3 is 2.76 bits per heavy atom. The van der Waals surface area contributed by atoms with Gasteiger partial charge in [0.15, 0.2) is 0 Å². The van der Waals surface area contributed by atoms with Gasteiger partial charge < -0.3 is 9.47 Å². The number of rotatable bonds is 4. The molecule has 1 unspecified atom stereocenters. The number of likely N-dealkylation sites (tertiary alicyclic amines) is 1. The minimum absolute atomic E-state index is 0.0129. The van der Waals surface area contributed by atoms with Crippen LogP contribution in [0.15, 0.2) is 0 Å². The van der Waals surface area contributed by atoms with Gasteiger partial charge in [0.1, 0.15) is 6.04 Å². The van der Waals surface area contributed by atoms with E-state index in [2.05, 4.69) is 9.80 Å². The van der Waals surface area contributed by atoms with Crippen molar-refractivity contribution in [2.24, 2.45) is 0 Å². The first kappa shape index (κ1) is 12.8. The summed E-state index contributed by atoms with van der Waals surface area (Å²) in [7, 11) is 1.47. The molecule has 2 aliphatic rings. The third kappa shape index (κ3) is 3.40. The van der Waals surface area contributed by atoms with Gasteiger partial charge in [0.25, 0.3) is 0 Å². The minimum atomic E-state index is -0.0792. The first-order chi connectivity index (χ1) is 8.31. The molecule has 5 heteroatoms. The molecule has 0 aromatic rings. The number of ether oxygens (including phenoxy) is 2. The number of methoxy groups -OCH3 is 1. The standard InChI is InChI=1S/C12H22N2O3/c1-16-12(15)11-3-2-4-14(11)6-5-13-7-9-17-10-8-13/h11H,2-10H2,1H3. The highest BCUT2D eigenvalue weighted by Gasteiger charge is 2.31. The Bertz CT molecular complexity index is 254. The van der Waals surface area contributed by atoms with Crippen molar-refractivity contribution in [2.75, 3.05) is 53.0 Å². The number of esters is 1. The number of morpholine rings is 1. The zero-order valence-corrected chi connectivity index (χ0v) is 10.6. The van der Waals surface area contributed by atoms with Crippen molar-refractivity contribution in [3.05, 3.63) is 0 Å². The van der Waals surface area contributed by atoms with E-state index in [0.717, 1.165) is 58.8 Å². The monoisotopic (exact) mass is 242 g/mol. The normalized spacial score (nSPS) is 27.2. The predicted octanol–water partition coefficient (Wildman–Crippen LogP) is -0.0440. The van der Waals surface area contributed by atoms with E-state index in [1.807, 2.05) is 0 Å². The van der Waals surface area contributed by atoms with E-state index in [0.29, 0.717) is 0 Å².